The maximum atomic E-state index is 11.8. The topological polar surface area (TPSA) is 93.5 Å². The Balaban J connectivity index is 1.70. The lowest BCUT2D eigenvalue weighted by Gasteiger charge is -2.12. The van der Waals surface area contributed by atoms with Crippen molar-refractivity contribution < 1.29 is 13.2 Å². The summed E-state index contributed by atoms with van der Waals surface area (Å²) in [6.07, 6.45) is 1.95. The van der Waals surface area contributed by atoms with Gasteiger partial charge in [0.15, 0.2) is 0 Å². The molecule has 2 rings (SSSR count). The zero-order valence-corrected chi connectivity index (χ0v) is 12.2. The van der Waals surface area contributed by atoms with Crippen LogP contribution in [-0.4, -0.2) is 40.0 Å². The minimum atomic E-state index is -3.26. The molecule has 0 bridgehead atoms. The Bertz CT molecular complexity index is 510. The number of ether oxygens (including phenoxy) is 1. The number of nitrogens with two attached hydrogens (primary N) is 1. The van der Waals surface area contributed by atoms with Crippen molar-refractivity contribution in [1.82, 2.24) is 4.72 Å². The van der Waals surface area contributed by atoms with Crippen molar-refractivity contribution in [3.8, 4) is 0 Å². The summed E-state index contributed by atoms with van der Waals surface area (Å²) in [5.41, 5.74) is 7.12. The van der Waals surface area contributed by atoms with Gasteiger partial charge in [-0.3, -0.25) is 0 Å². The van der Waals surface area contributed by atoms with Crippen LogP contribution in [0.1, 0.15) is 12.8 Å². The van der Waals surface area contributed by atoms with Crippen molar-refractivity contribution in [1.29, 1.82) is 0 Å². The van der Waals surface area contributed by atoms with Crippen molar-refractivity contribution >= 4 is 21.4 Å². The van der Waals surface area contributed by atoms with Crippen LogP contribution in [0.15, 0.2) is 24.3 Å². The minimum Gasteiger partial charge on any atom is -0.399 e. The van der Waals surface area contributed by atoms with Gasteiger partial charge >= 0.3 is 0 Å². The molecule has 1 aromatic rings. The number of nitrogen functional groups attached to an aromatic ring is 1. The van der Waals surface area contributed by atoms with Crippen molar-refractivity contribution in [2.75, 3.05) is 36.5 Å². The van der Waals surface area contributed by atoms with E-state index in [0.29, 0.717) is 18.8 Å². The number of sulfonamides is 1. The average Bonchev–Trinajstić information content (AvgIpc) is 2.92. The summed E-state index contributed by atoms with van der Waals surface area (Å²) in [5, 5.41) is 3.05. The van der Waals surface area contributed by atoms with Crippen molar-refractivity contribution in [3.63, 3.8) is 0 Å². The molecule has 7 heteroatoms. The second-order valence-electron chi connectivity index (χ2n) is 4.85. The second kappa shape index (κ2) is 6.92. The van der Waals surface area contributed by atoms with E-state index in [9.17, 15) is 8.42 Å². The summed E-state index contributed by atoms with van der Waals surface area (Å²) in [4.78, 5) is 0. The van der Waals surface area contributed by atoms with Gasteiger partial charge in [0.05, 0.1) is 11.9 Å². The van der Waals surface area contributed by atoms with E-state index < -0.39 is 10.0 Å². The molecule has 4 N–H and O–H groups in total. The van der Waals surface area contributed by atoms with Gasteiger partial charge in [-0.1, -0.05) is 0 Å². The molecule has 20 heavy (non-hydrogen) atoms. The Kier molecular flexibility index (Phi) is 5.22. The van der Waals surface area contributed by atoms with Gasteiger partial charge in [0.1, 0.15) is 0 Å². The third kappa shape index (κ3) is 4.99. The van der Waals surface area contributed by atoms with Crippen molar-refractivity contribution in [3.05, 3.63) is 24.3 Å². The van der Waals surface area contributed by atoms with Crippen LogP contribution in [0, 0.1) is 0 Å². The first-order chi connectivity index (χ1) is 9.55. The molecular formula is C13H21N3O3S. The molecule has 1 aromatic carbocycles. The van der Waals surface area contributed by atoms with E-state index in [1.54, 1.807) is 12.1 Å². The Labute approximate surface area is 119 Å². The zero-order valence-electron chi connectivity index (χ0n) is 11.3. The molecule has 112 valence electrons. The number of hydrogen-bond donors (Lipinski definition) is 3. The molecule has 1 saturated heterocycles. The molecule has 1 unspecified atom stereocenters. The highest BCUT2D eigenvalue weighted by Crippen LogP contribution is 2.11. The first kappa shape index (κ1) is 15.1. The first-order valence-electron chi connectivity index (χ1n) is 6.73. The summed E-state index contributed by atoms with van der Waals surface area (Å²) in [6.45, 7) is 1.44. The Morgan fingerprint density at radius 2 is 2.05 bits per heavy atom. The zero-order chi connectivity index (χ0) is 14.4. The molecule has 6 nitrogen and oxygen atoms in total. The van der Waals surface area contributed by atoms with E-state index in [0.717, 1.165) is 25.1 Å². The third-order valence-electron chi connectivity index (χ3n) is 3.17. The summed E-state index contributed by atoms with van der Waals surface area (Å²) < 4.78 is 31.6. The van der Waals surface area contributed by atoms with Gasteiger partial charge < -0.3 is 15.8 Å². The van der Waals surface area contributed by atoms with Crippen molar-refractivity contribution in [2.24, 2.45) is 0 Å². The van der Waals surface area contributed by atoms with Gasteiger partial charge in [-0.05, 0) is 37.1 Å². The van der Waals surface area contributed by atoms with Gasteiger partial charge in [-0.15, -0.1) is 0 Å². The molecule has 1 atom stereocenters. The lowest BCUT2D eigenvalue weighted by atomic mass is 10.2. The fourth-order valence-corrected chi connectivity index (χ4v) is 2.98. The molecular weight excluding hydrogens is 278 g/mol. The molecule has 0 amide bonds. The lowest BCUT2D eigenvalue weighted by molar-refractivity contribution is 0.114. The quantitative estimate of drug-likeness (QED) is 0.647. The van der Waals surface area contributed by atoms with Crippen LogP contribution in [0.5, 0.6) is 0 Å². The molecule has 1 heterocycles. The highest BCUT2D eigenvalue weighted by atomic mass is 32.2. The molecule has 1 aliphatic heterocycles. The number of rotatable bonds is 7. The molecule has 0 aliphatic carbocycles. The van der Waals surface area contributed by atoms with E-state index in [1.165, 1.54) is 0 Å². The fraction of sp³-hybridized carbons (Fsp3) is 0.538. The predicted octanol–water partition coefficient (Wildman–Crippen LogP) is 0.779. The minimum absolute atomic E-state index is 0.0230. The standard InChI is InChI=1S/C13H21N3O3S/c14-11-3-5-12(6-4-11)15-7-9-20(17,18)16-10-13-2-1-8-19-13/h3-6,13,15-16H,1-2,7-10,14H2. The van der Waals surface area contributed by atoms with E-state index >= 15 is 0 Å². The maximum Gasteiger partial charge on any atom is 0.213 e. The molecule has 1 aliphatic rings. The van der Waals surface area contributed by atoms with E-state index in [1.807, 2.05) is 12.1 Å². The van der Waals surface area contributed by atoms with Crippen LogP contribution in [0.25, 0.3) is 0 Å². The summed E-state index contributed by atoms with van der Waals surface area (Å²) in [6, 6.07) is 7.18. The third-order valence-corrected chi connectivity index (χ3v) is 4.51. The van der Waals surface area contributed by atoms with Gasteiger partial charge in [0.25, 0.3) is 0 Å². The van der Waals surface area contributed by atoms with E-state index in [4.69, 9.17) is 10.5 Å². The smallest absolute Gasteiger partial charge is 0.213 e. The largest absolute Gasteiger partial charge is 0.399 e. The number of nitrogens with one attached hydrogen (secondary N) is 2. The van der Waals surface area contributed by atoms with Gasteiger partial charge in [-0.2, -0.15) is 0 Å². The van der Waals surface area contributed by atoms with Crippen molar-refractivity contribution in [2.45, 2.75) is 18.9 Å². The highest BCUT2D eigenvalue weighted by Gasteiger charge is 2.18. The van der Waals surface area contributed by atoms with E-state index in [-0.39, 0.29) is 11.9 Å². The van der Waals surface area contributed by atoms with Crippen LogP contribution in [0.2, 0.25) is 0 Å². The Hall–Kier alpha value is -1.31. The summed E-state index contributed by atoms with van der Waals surface area (Å²) in [5.74, 6) is 0.0318. The Morgan fingerprint density at radius 3 is 2.70 bits per heavy atom. The SMILES string of the molecule is Nc1ccc(NCCS(=O)(=O)NCC2CCCO2)cc1. The molecule has 0 saturated carbocycles. The second-order valence-corrected chi connectivity index (χ2v) is 6.78. The highest BCUT2D eigenvalue weighted by molar-refractivity contribution is 7.89. The lowest BCUT2D eigenvalue weighted by Crippen LogP contribution is -2.35. The van der Waals surface area contributed by atoms with Gasteiger partial charge in [0.2, 0.25) is 10.0 Å². The van der Waals surface area contributed by atoms with Crippen LogP contribution < -0.4 is 15.8 Å². The normalized spacial score (nSPS) is 19.1. The molecule has 0 spiro atoms. The molecule has 0 radical (unpaired) electrons. The summed E-state index contributed by atoms with van der Waals surface area (Å²) >= 11 is 0. The van der Waals surface area contributed by atoms with Crippen LogP contribution in [0.4, 0.5) is 11.4 Å². The summed E-state index contributed by atoms with van der Waals surface area (Å²) in [7, 11) is -3.26. The fourth-order valence-electron chi connectivity index (χ4n) is 2.03. The number of hydrogen-bond acceptors (Lipinski definition) is 5. The monoisotopic (exact) mass is 299 g/mol. The average molecular weight is 299 g/mol. The van der Waals surface area contributed by atoms with Gasteiger partial charge in [0, 0.05) is 31.1 Å². The molecule has 1 fully saturated rings. The van der Waals surface area contributed by atoms with Crippen LogP contribution >= 0.6 is 0 Å². The predicted molar refractivity (Wildman–Crippen MR) is 80.1 cm³/mol. The van der Waals surface area contributed by atoms with Gasteiger partial charge in [-0.25, -0.2) is 13.1 Å². The van der Waals surface area contributed by atoms with Crippen LogP contribution in [0.3, 0.4) is 0 Å². The van der Waals surface area contributed by atoms with Crippen LogP contribution in [-0.2, 0) is 14.8 Å². The molecule has 0 aromatic heterocycles. The number of anilines is 2. The maximum absolute atomic E-state index is 11.8. The first-order valence-corrected chi connectivity index (χ1v) is 8.39. The van der Waals surface area contributed by atoms with E-state index in [2.05, 4.69) is 10.0 Å². The number of benzene rings is 1. The Morgan fingerprint density at radius 1 is 1.30 bits per heavy atom.